The molecular weight excluding hydrogens is 218 g/mol. The third kappa shape index (κ3) is 3.35. The molecule has 0 saturated carbocycles. The van der Waals surface area contributed by atoms with Gasteiger partial charge in [0.05, 0.1) is 0 Å². The maximum Gasteiger partial charge on any atom is 0.0328 e. The van der Waals surface area contributed by atoms with Crippen molar-refractivity contribution in [3.8, 4) is 0 Å². The lowest BCUT2D eigenvalue weighted by Crippen LogP contribution is -2.29. The normalized spacial score (nSPS) is 20.2. The van der Waals surface area contributed by atoms with E-state index in [9.17, 15) is 0 Å². The van der Waals surface area contributed by atoms with Gasteiger partial charge in [0, 0.05) is 12.1 Å². The van der Waals surface area contributed by atoms with Gasteiger partial charge in [0.1, 0.15) is 0 Å². The molecule has 2 rings (SSSR count). The Morgan fingerprint density at radius 1 is 1.22 bits per heavy atom. The molecule has 2 unspecified atom stereocenters. The molecule has 0 spiro atoms. The maximum absolute atomic E-state index is 3.82. The molecule has 1 aromatic rings. The average Bonchev–Trinajstić information content (AvgIpc) is 2.69. The Morgan fingerprint density at radius 2 is 2.00 bits per heavy atom. The highest BCUT2D eigenvalue weighted by Crippen LogP contribution is 2.32. The van der Waals surface area contributed by atoms with Crippen LogP contribution >= 0.6 is 0 Å². The lowest BCUT2D eigenvalue weighted by molar-refractivity contribution is 0.402. The molecule has 1 aliphatic rings. The van der Waals surface area contributed by atoms with Gasteiger partial charge in [-0.15, -0.1) is 0 Å². The fourth-order valence-corrected chi connectivity index (χ4v) is 2.90. The van der Waals surface area contributed by atoms with Gasteiger partial charge in [0.15, 0.2) is 0 Å². The quantitative estimate of drug-likeness (QED) is 0.811. The zero-order valence-electron chi connectivity index (χ0n) is 12.3. The van der Waals surface area contributed by atoms with E-state index in [4.69, 9.17) is 0 Å². The summed E-state index contributed by atoms with van der Waals surface area (Å²) in [4.78, 5) is 0. The Kier molecular flexibility index (Phi) is 4.45. The van der Waals surface area contributed by atoms with Crippen molar-refractivity contribution < 1.29 is 0 Å². The van der Waals surface area contributed by atoms with E-state index in [0.717, 1.165) is 5.92 Å². The molecule has 0 amide bonds. The third-order valence-electron chi connectivity index (χ3n) is 4.04. The van der Waals surface area contributed by atoms with E-state index in [1.807, 2.05) is 0 Å². The van der Waals surface area contributed by atoms with Crippen LogP contribution in [-0.2, 0) is 6.42 Å². The molecule has 0 bridgehead atoms. The lowest BCUT2D eigenvalue weighted by atomic mass is 10.0. The first-order chi connectivity index (χ1) is 8.56. The molecule has 100 valence electrons. The Hall–Kier alpha value is -0.820. The van der Waals surface area contributed by atoms with Gasteiger partial charge in [-0.25, -0.2) is 0 Å². The summed E-state index contributed by atoms with van der Waals surface area (Å²) in [6.45, 7) is 9.13. The van der Waals surface area contributed by atoms with Crippen LogP contribution in [0.5, 0.6) is 0 Å². The van der Waals surface area contributed by atoms with Crippen LogP contribution in [0.3, 0.4) is 0 Å². The fourth-order valence-electron chi connectivity index (χ4n) is 2.90. The molecule has 1 aromatic carbocycles. The van der Waals surface area contributed by atoms with Crippen molar-refractivity contribution in [2.45, 2.75) is 65.5 Å². The molecule has 1 N–H and O–H groups in total. The van der Waals surface area contributed by atoms with E-state index >= 15 is 0 Å². The summed E-state index contributed by atoms with van der Waals surface area (Å²) >= 11 is 0. The van der Waals surface area contributed by atoms with E-state index in [2.05, 4.69) is 51.2 Å². The topological polar surface area (TPSA) is 12.0 Å². The third-order valence-corrected chi connectivity index (χ3v) is 4.04. The van der Waals surface area contributed by atoms with Crippen LogP contribution in [-0.4, -0.2) is 6.04 Å². The predicted molar refractivity (Wildman–Crippen MR) is 78.9 cm³/mol. The van der Waals surface area contributed by atoms with Crippen LogP contribution in [0.1, 0.15) is 62.8 Å². The fraction of sp³-hybridized carbons (Fsp3) is 0.647. The molecule has 0 aliphatic heterocycles. The second-order valence-electron chi connectivity index (χ2n) is 6.33. The molecule has 0 saturated heterocycles. The van der Waals surface area contributed by atoms with Crippen molar-refractivity contribution in [3.05, 3.63) is 34.9 Å². The highest BCUT2D eigenvalue weighted by molar-refractivity contribution is 5.37. The summed E-state index contributed by atoms with van der Waals surface area (Å²) in [6, 6.07) is 8.13. The molecule has 0 heterocycles. The zero-order valence-corrected chi connectivity index (χ0v) is 12.3. The number of fused-ring (bicyclic) bond motifs is 1. The average molecular weight is 245 g/mol. The van der Waals surface area contributed by atoms with Crippen LogP contribution in [0.25, 0.3) is 0 Å². The van der Waals surface area contributed by atoms with E-state index in [0.29, 0.717) is 12.1 Å². The Labute approximate surface area is 112 Å². The van der Waals surface area contributed by atoms with Crippen molar-refractivity contribution in [3.63, 3.8) is 0 Å². The van der Waals surface area contributed by atoms with Crippen molar-refractivity contribution in [2.24, 2.45) is 5.92 Å². The minimum absolute atomic E-state index is 0.585. The van der Waals surface area contributed by atoms with Crippen LogP contribution < -0.4 is 5.32 Å². The van der Waals surface area contributed by atoms with E-state index in [1.165, 1.54) is 31.2 Å². The van der Waals surface area contributed by atoms with Crippen molar-refractivity contribution >= 4 is 0 Å². The summed E-state index contributed by atoms with van der Waals surface area (Å²) in [7, 11) is 0. The summed E-state index contributed by atoms with van der Waals surface area (Å²) in [5, 5.41) is 3.82. The molecule has 1 aliphatic carbocycles. The summed E-state index contributed by atoms with van der Waals surface area (Å²) < 4.78 is 0. The molecule has 2 atom stereocenters. The smallest absolute Gasteiger partial charge is 0.0328 e. The summed E-state index contributed by atoms with van der Waals surface area (Å²) in [5.74, 6) is 0.812. The molecular formula is C17H27N. The van der Waals surface area contributed by atoms with Gasteiger partial charge in [-0.05, 0) is 56.6 Å². The highest BCUT2D eigenvalue weighted by Gasteiger charge is 2.23. The standard InChI is InChI=1S/C17H27N/c1-12(2)5-7-14(4)18-17-10-9-15-8-6-13(3)11-16(15)17/h6,8,11-12,14,17-18H,5,7,9-10H2,1-4H3. The molecule has 18 heavy (non-hydrogen) atoms. The predicted octanol–water partition coefficient (Wildman–Crippen LogP) is 4.40. The molecule has 0 aromatic heterocycles. The highest BCUT2D eigenvalue weighted by atomic mass is 14.9. The van der Waals surface area contributed by atoms with Crippen molar-refractivity contribution in [2.75, 3.05) is 0 Å². The van der Waals surface area contributed by atoms with Gasteiger partial charge < -0.3 is 5.32 Å². The Bertz CT molecular complexity index is 395. The van der Waals surface area contributed by atoms with Crippen LogP contribution in [0.15, 0.2) is 18.2 Å². The number of nitrogens with one attached hydrogen (secondary N) is 1. The second-order valence-corrected chi connectivity index (χ2v) is 6.33. The minimum Gasteiger partial charge on any atom is -0.307 e. The minimum atomic E-state index is 0.585. The van der Waals surface area contributed by atoms with Crippen LogP contribution in [0.4, 0.5) is 0 Å². The Morgan fingerprint density at radius 3 is 2.72 bits per heavy atom. The first-order valence-corrected chi connectivity index (χ1v) is 7.41. The molecule has 1 heteroatoms. The van der Waals surface area contributed by atoms with Crippen LogP contribution in [0, 0.1) is 12.8 Å². The summed E-state index contributed by atoms with van der Waals surface area (Å²) in [6.07, 6.45) is 5.12. The number of hydrogen-bond acceptors (Lipinski definition) is 1. The van der Waals surface area contributed by atoms with Gasteiger partial charge >= 0.3 is 0 Å². The van der Waals surface area contributed by atoms with E-state index in [1.54, 1.807) is 11.1 Å². The maximum atomic E-state index is 3.82. The van der Waals surface area contributed by atoms with E-state index in [-0.39, 0.29) is 0 Å². The number of hydrogen-bond donors (Lipinski definition) is 1. The monoisotopic (exact) mass is 245 g/mol. The van der Waals surface area contributed by atoms with E-state index < -0.39 is 0 Å². The molecule has 1 nitrogen and oxygen atoms in total. The molecule has 0 fully saturated rings. The lowest BCUT2D eigenvalue weighted by Gasteiger charge is -2.21. The first-order valence-electron chi connectivity index (χ1n) is 7.41. The van der Waals surface area contributed by atoms with Gasteiger partial charge in [-0.2, -0.15) is 0 Å². The largest absolute Gasteiger partial charge is 0.307 e. The van der Waals surface area contributed by atoms with Gasteiger partial charge in [-0.3, -0.25) is 0 Å². The number of benzene rings is 1. The van der Waals surface area contributed by atoms with Crippen molar-refractivity contribution in [1.82, 2.24) is 5.32 Å². The van der Waals surface area contributed by atoms with Gasteiger partial charge in [0.2, 0.25) is 0 Å². The van der Waals surface area contributed by atoms with Gasteiger partial charge in [-0.1, -0.05) is 37.6 Å². The zero-order chi connectivity index (χ0) is 13.1. The second kappa shape index (κ2) is 5.88. The van der Waals surface area contributed by atoms with Crippen LogP contribution in [0.2, 0.25) is 0 Å². The first kappa shape index (κ1) is 13.6. The Balaban J connectivity index is 1.94. The van der Waals surface area contributed by atoms with Crippen molar-refractivity contribution in [1.29, 1.82) is 0 Å². The number of rotatable bonds is 5. The summed E-state index contributed by atoms with van der Waals surface area (Å²) in [5.41, 5.74) is 4.48. The SMILES string of the molecule is Cc1ccc2c(c1)C(NC(C)CCC(C)C)CC2. The number of aryl methyl sites for hydroxylation is 2. The van der Waals surface area contributed by atoms with Gasteiger partial charge in [0.25, 0.3) is 0 Å². The molecule has 0 radical (unpaired) electrons.